The van der Waals surface area contributed by atoms with Crippen LogP contribution >= 0.6 is 15.9 Å². The van der Waals surface area contributed by atoms with Crippen LogP contribution in [0, 0.1) is 0 Å². The van der Waals surface area contributed by atoms with Crippen molar-refractivity contribution in [2.45, 2.75) is 32.6 Å². The normalized spacial score (nSPS) is 20.4. The van der Waals surface area contributed by atoms with E-state index in [2.05, 4.69) is 51.0 Å². The van der Waals surface area contributed by atoms with Crippen LogP contribution in [0.15, 0.2) is 53.0 Å². The Labute approximate surface area is 173 Å². The first-order valence-corrected chi connectivity index (χ1v) is 10.3. The summed E-state index contributed by atoms with van der Waals surface area (Å²) in [5.74, 6) is -0.136. The van der Waals surface area contributed by atoms with Gasteiger partial charge in [-0.1, -0.05) is 40.2 Å². The number of H-pyrrole nitrogens is 1. The van der Waals surface area contributed by atoms with Crippen molar-refractivity contribution in [3.05, 3.63) is 64.3 Å². The van der Waals surface area contributed by atoms with Crippen molar-refractivity contribution < 1.29 is 9.53 Å². The van der Waals surface area contributed by atoms with E-state index in [1.165, 1.54) is 0 Å². The number of anilines is 1. The summed E-state index contributed by atoms with van der Waals surface area (Å²) in [5.41, 5.74) is 3.44. The van der Waals surface area contributed by atoms with E-state index in [4.69, 9.17) is 4.74 Å². The first-order valence-electron chi connectivity index (χ1n) is 9.53. The smallest absolute Gasteiger partial charge is 0.272 e. The zero-order valence-corrected chi connectivity index (χ0v) is 17.6. The number of nitrogens with zero attached hydrogens (tertiary/aromatic N) is 1. The number of para-hydroxylation sites is 1. The zero-order valence-electron chi connectivity index (χ0n) is 16.0. The molecular formula is C22H24BrN3O2. The summed E-state index contributed by atoms with van der Waals surface area (Å²) in [4.78, 5) is 18.4. The molecule has 0 radical (unpaired) electrons. The SMILES string of the molecule is CC1CN(Cc2ccccc2NC(=O)c2cc3ccc(Br)cc3[nH]2)CC(C)O1. The standard InChI is InChI=1S/C22H24BrN3O2/c1-14-11-26(12-15(2)28-14)13-17-5-3-4-6-19(17)25-22(27)21-9-16-7-8-18(23)10-20(16)24-21/h3-10,14-15,24H,11-13H2,1-2H3,(H,25,27). The molecule has 4 rings (SSSR count). The van der Waals surface area contributed by atoms with Crippen molar-refractivity contribution in [3.63, 3.8) is 0 Å². The molecule has 1 aliphatic rings. The number of morpholine rings is 1. The van der Waals surface area contributed by atoms with Gasteiger partial charge in [-0.25, -0.2) is 0 Å². The van der Waals surface area contributed by atoms with E-state index in [0.717, 1.165) is 46.3 Å². The first-order chi connectivity index (χ1) is 13.5. The molecule has 0 aliphatic carbocycles. The average molecular weight is 442 g/mol. The molecule has 28 heavy (non-hydrogen) atoms. The van der Waals surface area contributed by atoms with E-state index in [1.54, 1.807) is 0 Å². The molecular weight excluding hydrogens is 418 g/mol. The number of benzene rings is 2. The Morgan fingerprint density at radius 3 is 2.71 bits per heavy atom. The van der Waals surface area contributed by atoms with Crippen molar-refractivity contribution >= 4 is 38.4 Å². The van der Waals surface area contributed by atoms with Crippen LogP contribution in [0.4, 0.5) is 5.69 Å². The molecule has 2 heterocycles. The van der Waals surface area contributed by atoms with E-state index in [-0.39, 0.29) is 18.1 Å². The minimum atomic E-state index is -0.136. The zero-order chi connectivity index (χ0) is 19.7. The highest BCUT2D eigenvalue weighted by Crippen LogP contribution is 2.23. The van der Waals surface area contributed by atoms with Gasteiger partial charge in [-0.05, 0) is 43.7 Å². The summed E-state index contributed by atoms with van der Waals surface area (Å²) in [6.45, 7) is 6.77. The van der Waals surface area contributed by atoms with Gasteiger partial charge in [-0.3, -0.25) is 9.69 Å². The molecule has 2 unspecified atom stereocenters. The lowest BCUT2D eigenvalue weighted by Crippen LogP contribution is -2.44. The number of ether oxygens (including phenoxy) is 1. The number of rotatable bonds is 4. The summed E-state index contributed by atoms with van der Waals surface area (Å²) in [6, 6.07) is 15.8. The molecule has 1 amide bonds. The van der Waals surface area contributed by atoms with E-state index < -0.39 is 0 Å². The molecule has 5 nitrogen and oxygen atoms in total. The molecule has 0 spiro atoms. The number of carbonyl (C=O) groups is 1. The second-order valence-electron chi connectivity index (χ2n) is 7.48. The Balaban J connectivity index is 1.52. The average Bonchev–Trinajstić information content (AvgIpc) is 3.06. The van der Waals surface area contributed by atoms with Gasteiger partial charge in [0.15, 0.2) is 0 Å². The maximum Gasteiger partial charge on any atom is 0.272 e. The third-order valence-electron chi connectivity index (χ3n) is 4.98. The van der Waals surface area contributed by atoms with Crippen molar-refractivity contribution in [2.75, 3.05) is 18.4 Å². The highest BCUT2D eigenvalue weighted by atomic mass is 79.9. The number of nitrogens with one attached hydrogen (secondary N) is 2. The van der Waals surface area contributed by atoms with Crippen molar-refractivity contribution in [3.8, 4) is 0 Å². The van der Waals surface area contributed by atoms with Gasteiger partial charge in [0, 0.05) is 40.7 Å². The summed E-state index contributed by atoms with van der Waals surface area (Å²) in [6.07, 6.45) is 0.437. The topological polar surface area (TPSA) is 57.4 Å². The highest BCUT2D eigenvalue weighted by Gasteiger charge is 2.23. The number of halogens is 1. The van der Waals surface area contributed by atoms with Crippen LogP contribution in [0.25, 0.3) is 10.9 Å². The van der Waals surface area contributed by atoms with Gasteiger partial charge < -0.3 is 15.0 Å². The predicted octanol–water partition coefficient (Wildman–Crippen LogP) is 4.79. The van der Waals surface area contributed by atoms with Crippen molar-refractivity contribution in [2.24, 2.45) is 0 Å². The number of aromatic amines is 1. The lowest BCUT2D eigenvalue weighted by atomic mass is 10.1. The van der Waals surface area contributed by atoms with Gasteiger partial charge in [-0.15, -0.1) is 0 Å². The van der Waals surface area contributed by atoms with E-state index >= 15 is 0 Å². The molecule has 3 aromatic rings. The van der Waals surface area contributed by atoms with Crippen molar-refractivity contribution in [1.82, 2.24) is 9.88 Å². The number of fused-ring (bicyclic) bond motifs is 1. The van der Waals surface area contributed by atoms with Gasteiger partial charge in [0.1, 0.15) is 5.69 Å². The minimum absolute atomic E-state index is 0.136. The van der Waals surface area contributed by atoms with Gasteiger partial charge >= 0.3 is 0 Å². The van der Waals surface area contributed by atoms with Crippen LogP contribution in [-0.2, 0) is 11.3 Å². The predicted molar refractivity (Wildman–Crippen MR) is 116 cm³/mol. The van der Waals surface area contributed by atoms with Crippen LogP contribution in [0.3, 0.4) is 0 Å². The lowest BCUT2D eigenvalue weighted by molar-refractivity contribution is -0.0704. The number of hydrogen-bond donors (Lipinski definition) is 2. The number of hydrogen-bond acceptors (Lipinski definition) is 3. The lowest BCUT2D eigenvalue weighted by Gasteiger charge is -2.35. The minimum Gasteiger partial charge on any atom is -0.373 e. The molecule has 0 bridgehead atoms. The molecule has 1 saturated heterocycles. The molecule has 146 valence electrons. The van der Waals surface area contributed by atoms with Gasteiger partial charge in [0.05, 0.1) is 12.2 Å². The van der Waals surface area contributed by atoms with Crippen LogP contribution in [0.5, 0.6) is 0 Å². The summed E-state index contributed by atoms with van der Waals surface area (Å²) in [7, 11) is 0. The van der Waals surface area contributed by atoms with E-state index in [0.29, 0.717) is 5.69 Å². The Morgan fingerprint density at radius 2 is 1.93 bits per heavy atom. The Kier molecular flexibility index (Phi) is 5.53. The summed E-state index contributed by atoms with van der Waals surface area (Å²) in [5, 5.41) is 4.09. The molecule has 0 saturated carbocycles. The van der Waals surface area contributed by atoms with Crippen LogP contribution in [-0.4, -0.2) is 41.1 Å². The third-order valence-corrected chi connectivity index (χ3v) is 5.48. The Morgan fingerprint density at radius 1 is 1.18 bits per heavy atom. The van der Waals surface area contributed by atoms with E-state index in [1.807, 2.05) is 42.5 Å². The molecule has 1 fully saturated rings. The van der Waals surface area contributed by atoms with Gasteiger partial charge in [0.2, 0.25) is 0 Å². The Hall–Kier alpha value is -2.15. The number of carbonyl (C=O) groups excluding carboxylic acids is 1. The molecule has 2 atom stereocenters. The van der Waals surface area contributed by atoms with Crippen LogP contribution in [0.1, 0.15) is 29.9 Å². The molecule has 1 aromatic heterocycles. The maximum absolute atomic E-state index is 12.8. The second kappa shape index (κ2) is 8.07. The number of amides is 1. The monoisotopic (exact) mass is 441 g/mol. The fourth-order valence-corrected chi connectivity index (χ4v) is 4.21. The van der Waals surface area contributed by atoms with E-state index in [9.17, 15) is 4.79 Å². The van der Waals surface area contributed by atoms with Crippen LogP contribution < -0.4 is 5.32 Å². The maximum atomic E-state index is 12.8. The molecule has 2 aromatic carbocycles. The molecule has 6 heteroatoms. The third kappa shape index (κ3) is 4.29. The van der Waals surface area contributed by atoms with Gasteiger partial charge in [0.25, 0.3) is 5.91 Å². The summed E-state index contributed by atoms with van der Waals surface area (Å²) < 4.78 is 6.80. The van der Waals surface area contributed by atoms with Crippen molar-refractivity contribution in [1.29, 1.82) is 0 Å². The molecule has 2 N–H and O–H groups in total. The highest BCUT2D eigenvalue weighted by molar-refractivity contribution is 9.10. The Bertz CT molecular complexity index is 990. The quantitative estimate of drug-likeness (QED) is 0.611. The fraction of sp³-hybridized carbons (Fsp3) is 0.318. The first kappa shape index (κ1) is 19.2. The largest absolute Gasteiger partial charge is 0.373 e. The van der Waals surface area contributed by atoms with Gasteiger partial charge in [-0.2, -0.15) is 0 Å². The molecule has 1 aliphatic heterocycles. The fourth-order valence-electron chi connectivity index (χ4n) is 3.85. The summed E-state index contributed by atoms with van der Waals surface area (Å²) >= 11 is 3.46. The number of aromatic nitrogens is 1. The second-order valence-corrected chi connectivity index (χ2v) is 8.39. The van der Waals surface area contributed by atoms with Crippen LogP contribution in [0.2, 0.25) is 0 Å².